The summed E-state index contributed by atoms with van der Waals surface area (Å²) in [6.07, 6.45) is 4.21. The lowest BCUT2D eigenvalue weighted by Gasteiger charge is -2.12. The molecule has 0 atom stereocenters. The van der Waals surface area contributed by atoms with Gasteiger partial charge in [-0.1, -0.05) is 0 Å². The predicted molar refractivity (Wildman–Crippen MR) is 62.9 cm³/mol. The minimum Gasteiger partial charge on any atom is -0.494 e. The van der Waals surface area contributed by atoms with Crippen LogP contribution >= 0.6 is 0 Å². The highest BCUT2D eigenvalue weighted by Crippen LogP contribution is 2.26. The van der Waals surface area contributed by atoms with Crippen molar-refractivity contribution in [3.05, 3.63) is 29.1 Å². The van der Waals surface area contributed by atoms with Crippen molar-refractivity contribution in [1.29, 1.82) is 0 Å². The summed E-state index contributed by atoms with van der Waals surface area (Å²) in [5, 5.41) is 8.65. The summed E-state index contributed by atoms with van der Waals surface area (Å²) in [7, 11) is 3.09. The zero-order valence-corrected chi connectivity index (χ0v) is 10.1. The molecule has 0 radical (unpaired) electrons. The Morgan fingerprint density at radius 3 is 2.76 bits per heavy atom. The Bertz CT molecular complexity index is 440. The summed E-state index contributed by atoms with van der Waals surface area (Å²) in [6.45, 7) is 2.15. The van der Waals surface area contributed by atoms with E-state index in [2.05, 4.69) is 4.98 Å². The van der Waals surface area contributed by atoms with Gasteiger partial charge < -0.3 is 14.6 Å². The lowest BCUT2D eigenvalue weighted by Crippen LogP contribution is -2.01. The molecular formula is C12H15NO4. The number of rotatable bonds is 5. The maximum Gasteiger partial charge on any atom is 0.328 e. The average molecular weight is 237 g/mol. The van der Waals surface area contributed by atoms with Crippen molar-refractivity contribution in [2.24, 2.45) is 0 Å². The van der Waals surface area contributed by atoms with Gasteiger partial charge in [0.05, 0.1) is 19.4 Å². The fourth-order valence-electron chi connectivity index (χ4n) is 1.51. The molecular weight excluding hydrogens is 222 g/mol. The SMILES string of the molecule is COCc1cnc(C)c(OC)c1/C=C/C(=O)O. The monoisotopic (exact) mass is 237 g/mol. The van der Waals surface area contributed by atoms with Crippen LogP contribution in [0.1, 0.15) is 16.8 Å². The third-order valence-corrected chi connectivity index (χ3v) is 2.23. The number of nitrogens with zero attached hydrogens (tertiary/aromatic N) is 1. The maximum absolute atomic E-state index is 10.6. The fraction of sp³-hybridized carbons (Fsp3) is 0.333. The Morgan fingerprint density at radius 2 is 2.24 bits per heavy atom. The number of hydrogen-bond acceptors (Lipinski definition) is 4. The third kappa shape index (κ3) is 3.29. The largest absolute Gasteiger partial charge is 0.494 e. The number of aryl methyl sites for hydroxylation is 1. The van der Waals surface area contributed by atoms with Gasteiger partial charge in [-0.05, 0) is 13.0 Å². The lowest BCUT2D eigenvalue weighted by atomic mass is 10.1. The van der Waals surface area contributed by atoms with Gasteiger partial charge >= 0.3 is 5.97 Å². The normalized spacial score (nSPS) is 10.8. The highest BCUT2D eigenvalue weighted by atomic mass is 16.5. The third-order valence-electron chi connectivity index (χ3n) is 2.23. The molecule has 0 aliphatic rings. The van der Waals surface area contributed by atoms with E-state index < -0.39 is 5.97 Å². The summed E-state index contributed by atoms with van der Waals surface area (Å²) < 4.78 is 10.3. The van der Waals surface area contributed by atoms with E-state index in [0.717, 1.165) is 11.6 Å². The number of carbonyl (C=O) groups is 1. The van der Waals surface area contributed by atoms with Gasteiger partial charge in [0.1, 0.15) is 5.75 Å². The number of aromatic nitrogens is 1. The quantitative estimate of drug-likeness (QED) is 0.788. The fourth-order valence-corrected chi connectivity index (χ4v) is 1.51. The van der Waals surface area contributed by atoms with Crippen LogP contribution in [0.5, 0.6) is 5.75 Å². The van der Waals surface area contributed by atoms with Crippen LogP contribution in [-0.4, -0.2) is 30.3 Å². The highest BCUT2D eigenvalue weighted by Gasteiger charge is 2.11. The molecule has 5 heteroatoms. The minimum absolute atomic E-state index is 0.350. The van der Waals surface area contributed by atoms with Crippen LogP contribution < -0.4 is 4.74 Å². The first-order chi connectivity index (χ1) is 8.10. The summed E-state index contributed by atoms with van der Waals surface area (Å²) in [4.78, 5) is 14.7. The first-order valence-corrected chi connectivity index (χ1v) is 5.02. The smallest absolute Gasteiger partial charge is 0.328 e. The van der Waals surface area contributed by atoms with Crippen molar-refractivity contribution in [3.8, 4) is 5.75 Å². The number of carboxylic acids is 1. The zero-order valence-electron chi connectivity index (χ0n) is 10.1. The van der Waals surface area contributed by atoms with E-state index in [-0.39, 0.29) is 0 Å². The van der Waals surface area contributed by atoms with E-state index in [1.807, 2.05) is 0 Å². The van der Waals surface area contributed by atoms with Crippen LogP contribution in [-0.2, 0) is 16.1 Å². The molecule has 92 valence electrons. The second-order valence-electron chi connectivity index (χ2n) is 3.42. The van der Waals surface area contributed by atoms with Crippen molar-refractivity contribution < 1.29 is 19.4 Å². The molecule has 0 bridgehead atoms. The van der Waals surface area contributed by atoms with Crippen LogP contribution in [0, 0.1) is 6.92 Å². The Hall–Kier alpha value is -1.88. The van der Waals surface area contributed by atoms with Gasteiger partial charge in [-0.2, -0.15) is 0 Å². The van der Waals surface area contributed by atoms with Crippen molar-refractivity contribution in [1.82, 2.24) is 4.98 Å². The number of methoxy groups -OCH3 is 2. The van der Waals surface area contributed by atoms with E-state index in [4.69, 9.17) is 14.6 Å². The molecule has 0 amide bonds. The Balaban J connectivity index is 3.27. The van der Waals surface area contributed by atoms with E-state index in [1.165, 1.54) is 13.2 Å². The van der Waals surface area contributed by atoms with E-state index in [9.17, 15) is 4.79 Å². The molecule has 5 nitrogen and oxygen atoms in total. The van der Waals surface area contributed by atoms with E-state index in [1.54, 1.807) is 20.2 Å². The average Bonchev–Trinajstić information content (AvgIpc) is 2.29. The molecule has 0 aromatic carbocycles. The summed E-state index contributed by atoms with van der Waals surface area (Å²) in [5.41, 5.74) is 2.18. The predicted octanol–water partition coefficient (Wildman–Crippen LogP) is 1.64. The molecule has 17 heavy (non-hydrogen) atoms. The lowest BCUT2D eigenvalue weighted by molar-refractivity contribution is -0.131. The topological polar surface area (TPSA) is 68.7 Å². The Morgan fingerprint density at radius 1 is 1.53 bits per heavy atom. The van der Waals surface area contributed by atoms with Crippen LogP contribution in [0.4, 0.5) is 0 Å². The molecule has 0 spiro atoms. The number of ether oxygens (including phenoxy) is 2. The molecule has 0 saturated carbocycles. The molecule has 1 aromatic heterocycles. The van der Waals surface area contributed by atoms with E-state index in [0.29, 0.717) is 23.6 Å². The van der Waals surface area contributed by atoms with Crippen molar-refractivity contribution in [2.45, 2.75) is 13.5 Å². The van der Waals surface area contributed by atoms with Crippen LogP contribution in [0.2, 0.25) is 0 Å². The Kier molecular flexibility index (Phi) is 4.66. The highest BCUT2D eigenvalue weighted by molar-refractivity contribution is 5.86. The number of pyridine rings is 1. The van der Waals surface area contributed by atoms with Gasteiger partial charge in [-0.3, -0.25) is 4.98 Å². The van der Waals surface area contributed by atoms with Crippen LogP contribution in [0.3, 0.4) is 0 Å². The van der Waals surface area contributed by atoms with Gasteiger partial charge in [0.25, 0.3) is 0 Å². The molecule has 1 aromatic rings. The molecule has 1 rings (SSSR count). The number of carboxylic acid groups (broad SMARTS) is 1. The Labute approximate surface area is 99.7 Å². The molecule has 1 heterocycles. The standard InChI is InChI=1S/C12H15NO4/c1-8-12(17-3)10(4-5-11(14)15)9(6-13-8)7-16-2/h4-6H,7H2,1-3H3,(H,14,15)/b5-4+. The zero-order chi connectivity index (χ0) is 12.8. The summed E-state index contributed by atoms with van der Waals surface area (Å²) in [5.74, 6) is -0.443. The second-order valence-corrected chi connectivity index (χ2v) is 3.42. The maximum atomic E-state index is 10.6. The van der Waals surface area contributed by atoms with Crippen molar-refractivity contribution in [2.75, 3.05) is 14.2 Å². The second kappa shape index (κ2) is 6.00. The first kappa shape index (κ1) is 13.2. The van der Waals surface area contributed by atoms with E-state index >= 15 is 0 Å². The van der Waals surface area contributed by atoms with Gasteiger partial charge in [-0.25, -0.2) is 4.79 Å². The first-order valence-electron chi connectivity index (χ1n) is 5.02. The van der Waals surface area contributed by atoms with Crippen LogP contribution in [0.25, 0.3) is 6.08 Å². The molecule has 0 unspecified atom stereocenters. The number of aliphatic carboxylic acids is 1. The molecule has 0 aliphatic carbocycles. The summed E-state index contributed by atoms with van der Waals surface area (Å²) in [6, 6.07) is 0. The molecule has 1 N–H and O–H groups in total. The van der Waals surface area contributed by atoms with Gasteiger partial charge in [0.2, 0.25) is 0 Å². The number of hydrogen-bond donors (Lipinski definition) is 1. The van der Waals surface area contributed by atoms with Crippen LogP contribution in [0.15, 0.2) is 12.3 Å². The van der Waals surface area contributed by atoms with Gasteiger partial charge in [0, 0.05) is 30.5 Å². The molecule has 0 saturated heterocycles. The molecule has 0 aliphatic heterocycles. The van der Waals surface area contributed by atoms with Crippen molar-refractivity contribution in [3.63, 3.8) is 0 Å². The van der Waals surface area contributed by atoms with Gasteiger partial charge in [0.15, 0.2) is 0 Å². The minimum atomic E-state index is -1.01. The van der Waals surface area contributed by atoms with Gasteiger partial charge in [-0.15, -0.1) is 0 Å². The molecule has 0 fully saturated rings. The van der Waals surface area contributed by atoms with Crippen molar-refractivity contribution >= 4 is 12.0 Å². The summed E-state index contributed by atoms with van der Waals surface area (Å²) >= 11 is 0.